The number of aromatic nitrogens is 3. The van der Waals surface area contributed by atoms with Crippen LogP contribution in [-0.2, 0) is 13.6 Å². The lowest BCUT2D eigenvalue weighted by molar-refractivity contribution is 0.0951. The van der Waals surface area contributed by atoms with Gasteiger partial charge < -0.3 is 9.88 Å². The molecule has 0 aliphatic heterocycles. The molecule has 108 valence electrons. The van der Waals surface area contributed by atoms with Gasteiger partial charge in [0.05, 0.1) is 5.69 Å². The van der Waals surface area contributed by atoms with E-state index < -0.39 is 0 Å². The number of hydrogen-bond donors (Lipinski definition) is 2. The predicted octanol–water partition coefficient (Wildman–Crippen LogP) is 2.45. The van der Waals surface area contributed by atoms with Crippen molar-refractivity contribution in [2.24, 2.45) is 7.05 Å². The van der Waals surface area contributed by atoms with Crippen LogP contribution in [0.25, 0.3) is 10.9 Å². The first-order valence-electron chi connectivity index (χ1n) is 6.90. The van der Waals surface area contributed by atoms with E-state index in [1.54, 1.807) is 0 Å². The summed E-state index contributed by atoms with van der Waals surface area (Å²) in [5.74, 6) is -0.0712. The Kier molecular flexibility index (Phi) is 3.25. The van der Waals surface area contributed by atoms with Gasteiger partial charge in [0.15, 0.2) is 0 Å². The molecule has 5 nitrogen and oxygen atoms in total. The highest BCUT2D eigenvalue weighted by atomic mass is 16.1. The zero-order chi connectivity index (χ0) is 15.0. The van der Waals surface area contributed by atoms with Crippen LogP contribution >= 0.6 is 0 Å². The third-order valence-corrected chi connectivity index (χ3v) is 3.86. The van der Waals surface area contributed by atoms with E-state index in [1.165, 1.54) is 0 Å². The molecule has 2 N–H and O–H groups in total. The highest BCUT2D eigenvalue weighted by Crippen LogP contribution is 2.17. The number of carbonyl (C=O) groups is 1. The fourth-order valence-corrected chi connectivity index (χ4v) is 2.51. The Labute approximate surface area is 123 Å². The largest absolute Gasteiger partial charge is 0.351 e. The van der Waals surface area contributed by atoms with Crippen LogP contribution in [0.3, 0.4) is 0 Å². The molecule has 0 aliphatic rings. The number of aromatic amines is 1. The molecule has 0 fully saturated rings. The number of H-pyrrole nitrogens is 1. The Hall–Kier alpha value is -2.56. The van der Waals surface area contributed by atoms with Gasteiger partial charge in [0.2, 0.25) is 0 Å². The molecule has 5 heteroatoms. The van der Waals surface area contributed by atoms with Gasteiger partial charge in [-0.15, -0.1) is 0 Å². The average Bonchev–Trinajstić information content (AvgIpc) is 3.00. The molecule has 0 saturated carbocycles. The topological polar surface area (TPSA) is 62.7 Å². The van der Waals surface area contributed by atoms with Gasteiger partial charge in [0.25, 0.3) is 5.91 Å². The normalized spacial score (nSPS) is 11.0. The number of nitrogens with one attached hydrogen (secondary N) is 2. The number of fused-ring (bicyclic) bond motifs is 1. The number of nitrogens with zero attached hydrogens (tertiary/aromatic N) is 2. The quantitative estimate of drug-likeness (QED) is 0.775. The second kappa shape index (κ2) is 5.09. The zero-order valence-corrected chi connectivity index (χ0v) is 12.4. The van der Waals surface area contributed by atoms with Crippen molar-refractivity contribution in [3.05, 3.63) is 53.0 Å². The maximum absolute atomic E-state index is 12.3. The van der Waals surface area contributed by atoms with Crippen molar-refractivity contribution in [2.45, 2.75) is 20.4 Å². The first kappa shape index (κ1) is 13.4. The maximum atomic E-state index is 12.3. The number of aryl methyl sites for hydroxylation is 3. The smallest absolute Gasteiger partial charge is 0.251 e. The van der Waals surface area contributed by atoms with Gasteiger partial charge in [0, 0.05) is 42.1 Å². The van der Waals surface area contributed by atoms with Crippen molar-refractivity contribution in [1.29, 1.82) is 0 Å². The number of amides is 1. The molecule has 0 atom stereocenters. The molecule has 0 saturated heterocycles. The lowest BCUT2D eigenvalue weighted by atomic mass is 10.1. The summed E-state index contributed by atoms with van der Waals surface area (Å²) in [6, 6.07) is 7.78. The van der Waals surface area contributed by atoms with Gasteiger partial charge in [-0.05, 0) is 37.4 Å². The molecule has 1 aromatic carbocycles. The predicted molar refractivity (Wildman–Crippen MR) is 82.2 cm³/mol. The first-order chi connectivity index (χ1) is 10.1. The number of rotatable bonds is 3. The van der Waals surface area contributed by atoms with Crippen LogP contribution in [0.4, 0.5) is 0 Å². The van der Waals surface area contributed by atoms with E-state index in [0.717, 1.165) is 27.9 Å². The van der Waals surface area contributed by atoms with E-state index in [1.807, 2.05) is 55.9 Å². The zero-order valence-electron chi connectivity index (χ0n) is 12.4. The third-order valence-electron chi connectivity index (χ3n) is 3.86. The Balaban J connectivity index is 1.79. The second-order valence-corrected chi connectivity index (χ2v) is 5.30. The molecule has 0 bridgehead atoms. The van der Waals surface area contributed by atoms with Crippen molar-refractivity contribution < 1.29 is 4.79 Å². The second-order valence-electron chi connectivity index (χ2n) is 5.30. The monoisotopic (exact) mass is 282 g/mol. The highest BCUT2D eigenvalue weighted by Gasteiger charge is 2.10. The molecule has 3 rings (SSSR count). The van der Waals surface area contributed by atoms with Crippen LogP contribution in [0.15, 0.2) is 30.5 Å². The van der Waals surface area contributed by atoms with Gasteiger partial charge in [0.1, 0.15) is 0 Å². The average molecular weight is 282 g/mol. The fraction of sp³-hybridized carbons (Fsp3) is 0.250. The summed E-state index contributed by atoms with van der Waals surface area (Å²) in [6.07, 6.45) is 1.99. The van der Waals surface area contributed by atoms with Gasteiger partial charge in [-0.25, -0.2) is 0 Å². The van der Waals surface area contributed by atoms with E-state index in [-0.39, 0.29) is 5.91 Å². The van der Waals surface area contributed by atoms with E-state index in [2.05, 4.69) is 15.5 Å². The summed E-state index contributed by atoms with van der Waals surface area (Å²) < 4.78 is 2.01. The molecule has 21 heavy (non-hydrogen) atoms. The minimum absolute atomic E-state index is 0.0712. The molecule has 3 aromatic rings. The van der Waals surface area contributed by atoms with Crippen LogP contribution in [0, 0.1) is 13.8 Å². The van der Waals surface area contributed by atoms with Crippen LogP contribution in [-0.4, -0.2) is 20.7 Å². The van der Waals surface area contributed by atoms with Crippen molar-refractivity contribution in [3.63, 3.8) is 0 Å². The van der Waals surface area contributed by atoms with E-state index >= 15 is 0 Å². The molecule has 2 aromatic heterocycles. The Morgan fingerprint density at radius 2 is 2.14 bits per heavy atom. The van der Waals surface area contributed by atoms with Crippen LogP contribution < -0.4 is 5.32 Å². The molecule has 0 spiro atoms. The summed E-state index contributed by atoms with van der Waals surface area (Å²) in [5, 5.41) is 11.1. The first-order valence-corrected chi connectivity index (χ1v) is 6.90. The number of hydrogen-bond acceptors (Lipinski definition) is 2. The van der Waals surface area contributed by atoms with Gasteiger partial charge in [-0.2, -0.15) is 5.10 Å². The summed E-state index contributed by atoms with van der Waals surface area (Å²) in [5.41, 5.74) is 4.68. The van der Waals surface area contributed by atoms with Crippen molar-refractivity contribution in [3.8, 4) is 0 Å². The summed E-state index contributed by atoms with van der Waals surface area (Å²) in [7, 11) is 1.97. The third kappa shape index (κ3) is 2.42. The molecule has 0 unspecified atom stereocenters. The maximum Gasteiger partial charge on any atom is 0.251 e. The van der Waals surface area contributed by atoms with Crippen LogP contribution in [0.2, 0.25) is 0 Å². The highest BCUT2D eigenvalue weighted by molar-refractivity contribution is 5.98. The van der Waals surface area contributed by atoms with Gasteiger partial charge >= 0.3 is 0 Å². The van der Waals surface area contributed by atoms with Crippen molar-refractivity contribution in [2.75, 3.05) is 0 Å². The lowest BCUT2D eigenvalue weighted by Crippen LogP contribution is -2.23. The summed E-state index contributed by atoms with van der Waals surface area (Å²) in [4.78, 5) is 12.3. The SMILES string of the molecule is Cc1n[nH]c(C)c1CNC(=O)c1ccc2ccn(C)c2c1. The molecule has 0 aliphatic carbocycles. The molecular weight excluding hydrogens is 264 g/mol. The minimum atomic E-state index is -0.0712. The Morgan fingerprint density at radius 3 is 2.86 bits per heavy atom. The van der Waals surface area contributed by atoms with Gasteiger partial charge in [-0.3, -0.25) is 9.89 Å². The van der Waals surface area contributed by atoms with E-state index in [4.69, 9.17) is 0 Å². The molecule has 1 amide bonds. The minimum Gasteiger partial charge on any atom is -0.351 e. The number of benzene rings is 1. The van der Waals surface area contributed by atoms with E-state index in [9.17, 15) is 4.79 Å². The van der Waals surface area contributed by atoms with E-state index in [0.29, 0.717) is 12.1 Å². The number of carbonyl (C=O) groups excluding carboxylic acids is 1. The standard InChI is InChI=1S/C16H18N4O/c1-10-14(11(2)19-18-10)9-17-16(21)13-5-4-12-6-7-20(3)15(12)8-13/h4-8H,9H2,1-3H3,(H,17,21)(H,18,19). The van der Waals surface area contributed by atoms with Gasteiger partial charge in [-0.1, -0.05) is 6.07 Å². The Bertz CT molecular complexity index is 793. The fourth-order valence-electron chi connectivity index (χ4n) is 2.51. The molecular formula is C16H18N4O. The molecule has 2 heterocycles. The lowest BCUT2D eigenvalue weighted by Gasteiger charge is -2.06. The van der Waals surface area contributed by atoms with Crippen molar-refractivity contribution >= 4 is 16.8 Å². The van der Waals surface area contributed by atoms with Crippen molar-refractivity contribution in [1.82, 2.24) is 20.1 Å². The van der Waals surface area contributed by atoms with Crippen LogP contribution in [0.1, 0.15) is 27.3 Å². The Morgan fingerprint density at radius 1 is 1.33 bits per heavy atom. The molecule has 0 radical (unpaired) electrons. The summed E-state index contributed by atoms with van der Waals surface area (Å²) in [6.45, 7) is 4.37. The summed E-state index contributed by atoms with van der Waals surface area (Å²) >= 11 is 0. The van der Waals surface area contributed by atoms with Crippen LogP contribution in [0.5, 0.6) is 0 Å².